The average Bonchev–Trinajstić information content (AvgIpc) is 3.07. The Hall–Kier alpha value is -0.860. The highest BCUT2D eigenvalue weighted by Crippen LogP contribution is 2.28. The lowest BCUT2D eigenvalue weighted by Gasteiger charge is -2.35. The van der Waals surface area contributed by atoms with Crippen LogP contribution in [0.25, 0.3) is 0 Å². The predicted molar refractivity (Wildman–Crippen MR) is 117 cm³/mol. The van der Waals surface area contributed by atoms with Crippen molar-refractivity contribution in [2.24, 2.45) is 0 Å². The van der Waals surface area contributed by atoms with Gasteiger partial charge in [-0.05, 0) is 50.9 Å². The fourth-order valence-corrected chi connectivity index (χ4v) is 5.48. The summed E-state index contributed by atoms with van der Waals surface area (Å²) in [5.41, 5.74) is 1.26. The van der Waals surface area contributed by atoms with Crippen LogP contribution in [0.1, 0.15) is 31.2 Å². The third-order valence-electron chi connectivity index (χ3n) is 5.76. The number of piperidine rings is 1. The van der Waals surface area contributed by atoms with Crippen LogP contribution in [0.5, 0.6) is 0 Å². The summed E-state index contributed by atoms with van der Waals surface area (Å²) in [5, 5.41) is 6.12. The molecular weight excluding hydrogens is 421 g/mol. The van der Waals surface area contributed by atoms with Gasteiger partial charge in [0.15, 0.2) is 14.6 Å². The van der Waals surface area contributed by atoms with E-state index in [1.807, 2.05) is 18.2 Å². The number of likely N-dealkylation sites (tertiary alicyclic amines) is 1. The van der Waals surface area contributed by atoms with Crippen LogP contribution in [0.4, 0.5) is 0 Å². The molecule has 2 saturated heterocycles. The highest BCUT2D eigenvalue weighted by Gasteiger charge is 2.48. The fourth-order valence-electron chi connectivity index (χ4n) is 4.12. The molecule has 1 atom stereocenters. The minimum atomic E-state index is -3.46. The number of sulfone groups is 1. The summed E-state index contributed by atoms with van der Waals surface area (Å²) >= 11 is 0. The van der Waals surface area contributed by atoms with Gasteiger partial charge in [-0.25, -0.2) is 8.42 Å². The van der Waals surface area contributed by atoms with Crippen LogP contribution in [0.15, 0.2) is 30.3 Å². The second kappa shape index (κ2) is 10.8. The molecule has 1 unspecified atom stereocenters. The molecule has 6 nitrogen and oxygen atoms in total. The van der Waals surface area contributed by atoms with Crippen molar-refractivity contribution >= 4 is 40.6 Å². The summed E-state index contributed by atoms with van der Waals surface area (Å²) in [7, 11) is -3.46. The molecule has 0 aromatic heterocycles. The first-order valence-electron chi connectivity index (χ1n) is 9.39. The largest absolute Gasteiger partial charge is 0.353 e. The first kappa shape index (κ1) is 25.2. The lowest BCUT2D eigenvalue weighted by molar-refractivity contribution is -0.124. The van der Waals surface area contributed by atoms with Crippen molar-refractivity contribution in [3.05, 3.63) is 35.9 Å². The first-order valence-corrected chi connectivity index (χ1v) is 11.3. The highest BCUT2D eigenvalue weighted by atomic mass is 35.5. The van der Waals surface area contributed by atoms with E-state index >= 15 is 0 Å². The second-order valence-electron chi connectivity index (χ2n) is 7.48. The summed E-state index contributed by atoms with van der Waals surface area (Å²) < 4.78 is 23.4. The zero-order valence-corrected chi connectivity index (χ0v) is 18.7. The summed E-state index contributed by atoms with van der Waals surface area (Å²) in [5.74, 6) is -0.326. The maximum Gasteiger partial charge on any atom is 0.241 e. The number of benzene rings is 1. The predicted octanol–water partition coefficient (Wildman–Crippen LogP) is 1.78. The Morgan fingerprint density at radius 1 is 1.21 bits per heavy atom. The zero-order chi connectivity index (χ0) is 18.6. The number of amides is 1. The molecule has 2 aliphatic rings. The van der Waals surface area contributed by atoms with Gasteiger partial charge in [-0.3, -0.25) is 9.69 Å². The number of halogens is 2. The van der Waals surface area contributed by atoms with Gasteiger partial charge in [0, 0.05) is 25.4 Å². The Bertz CT molecular complexity index is 725. The molecule has 1 aromatic carbocycles. The van der Waals surface area contributed by atoms with E-state index in [1.165, 1.54) is 11.8 Å². The van der Waals surface area contributed by atoms with Crippen molar-refractivity contribution in [3.8, 4) is 0 Å². The number of rotatable bonds is 6. The SMILES string of the molecule is CS(=O)(=O)C1(C(=O)NCC2CCCN2Cc2ccccc2)CCNCC1.Cl.Cl. The third kappa shape index (κ3) is 5.60. The van der Waals surface area contributed by atoms with Gasteiger partial charge in [0.25, 0.3) is 0 Å². The van der Waals surface area contributed by atoms with Gasteiger partial charge in [0.1, 0.15) is 0 Å². The van der Waals surface area contributed by atoms with Gasteiger partial charge in [-0.1, -0.05) is 30.3 Å². The van der Waals surface area contributed by atoms with E-state index in [2.05, 4.69) is 27.7 Å². The van der Waals surface area contributed by atoms with E-state index in [0.717, 1.165) is 25.9 Å². The number of carbonyl (C=O) groups excluding carboxylic acids is 1. The monoisotopic (exact) mass is 451 g/mol. The molecule has 2 aliphatic heterocycles. The summed E-state index contributed by atoms with van der Waals surface area (Å²) in [6.45, 7) is 3.50. The van der Waals surface area contributed by atoms with E-state index in [0.29, 0.717) is 32.5 Å². The van der Waals surface area contributed by atoms with E-state index in [-0.39, 0.29) is 36.8 Å². The summed E-state index contributed by atoms with van der Waals surface area (Å²) in [6, 6.07) is 10.6. The molecule has 3 rings (SSSR count). The minimum absolute atomic E-state index is 0. The Kier molecular flexibility index (Phi) is 9.70. The summed E-state index contributed by atoms with van der Waals surface area (Å²) in [4.78, 5) is 15.2. The lowest BCUT2D eigenvalue weighted by Crippen LogP contribution is -2.58. The molecule has 0 bridgehead atoms. The van der Waals surface area contributed by atoms with Crippen molar-refractivity contribution in [3.63, 3.8) is 0 Å². The Morgan fingerprint density at radius 2 is 1.86 bits per heavy atom. The van der Waals surface area contributed by atoms with Crippen LogP contribution < -0.4 is 10.6 Å². The molecule has 0 saturated carbocycles. The molecular formula is C19H31Cl2N3O3S. The van der Waals surface area contributed by atoms with E-state index in [1.54, 1.807) is 0 Å². The molecule has 1 amide bonds. The van der Waals surface area contributed by atoms with Crippen LogP contribution in [0, 0.1) is 0 Å². The Labute approximate surface area is 180 Å². The van der Waals surface area contributed by atoms with Crippen LogP contribution >= 0.6 is 24.8 Å². The molecule has 1 aromatic rings. The van der Waals surface area contributed by atoms with Crippen molar-refractivity contribution in [2.75, 3.05) is 32.4 Å². The van der Waals surface area contributed by atoms with Gasteiger partial charge in [0.05, 0.1) is 0 Å². The molecule has 2 N–H and O–H groups in total. The van der Waals surface area contributed by atoms with Gasteiger partial charge in [-0.2, -0.15) is 0 Å². The highest BCUT2D eigenvalue weighted by molar-refractivity contribution is 7.92. The average molecular weight is 452 g/mol. The summed E-state index contributed by atoms with van der Waals surface area (Å²) in [6.07, 6.45) is 4.01. The van der Waals surface area contributed by atoms with Crippen LogP contribution in [0.2, 0.25) is 0 Å². The third-order valence-corrected chi connectivity index (χ3v) is 7.77. The topological polar surface area (TPSA) is 78.5 Å². The molecule has 160 valence electrons. The van der Waals surface area contributed by atoms with Crippen molar-refractivity contribution < 1.29 is 13.2 Å². The number of nitrogens with zero attached hydrogens (tertiary/aromatic N) is 1. The maximum absolute atomic E-state index is 12.9. The van der Waals surface area contributed by atoms with Crippen LogP contribution in [-0.2, 0) is 21.2 Å². The van der Waals surface area contributed by atoms with Gasteiger partial charge in [0.2, 0.25) is 5.91 Å². The van der Waals surface area contributed by atoms with Gasteiger partial charge >= 0.3 is 0 Å². The molecule has 0 spiro atoms. The zero-order valence-electron chi connectivity index (χ0n) is 16.2. The van der Waals surface area contributed by atoms with E-state index in [9.17, 15) is 13.2 Å². The van der Waals surface area contributed by atoms with Crippen molar-refractivity contribution in [1.82, 2.24) is 15.5 Å². The van der Waals surface area contributed by atoms with Crippen LogP contribution in [-0.4, -0.2) is 62.4 Å². The fraction of sp³-hybridized carbons (Fsp3) is 0.632. The second-order valence-corrected chi connectivity index (χ2v) is 9.80. The molecule has 9 heteroatoms. The molecule has 28 heavy (non-hydrogen) atoms. The molecule has 2 fully saturated rings. The quantitative estimate of drug-likeness (QED) is 0.688. The first-order chi connectivity index (χ1) is 12.4. The number of nitrogens with one attached hydrogen (secondary N) is 2. The van der Waals surface area contributed by atoms with Crippen molar-refractivity contribution in [1.29, 1.82) is 0 Å². The number of hydrogen-bond donors (Lipinski definition) is 2. The van der Waals surface area contributed by atoms with Crippen molar-refractivity contribution in [2.45, 2.75) is 43.0 Å². The Balaban J connectivity index is 0.00000196. The lowest BCUT2D eigenvalue weighted by atomic mass is 9.95. The van der Waals surface area contributed by atoms with E-state index in [4.69, 9.17) is 0 Å². The molecule has 2 heterocycles. The van der Waals surface area contributed by atoms with Gasteiger partial charge in [-0.15, -0.1) is 24.8 Å². The maximum atomic E-state index is 12.9. The smallest absolute Gasteiger partial charge is 0.241 e. The number of hydrogen-bond acceptors (Lipinski definition) is 5. The normalized spacial score (nSPS) is 22.0. The Morgan fingerprint density at radius 3 is 2.46 bits per heavy atom. The standard InChI is InChI=1S/C19H29N3O3S.2ClH/c1-26(24,25)19(9-11-20-12-10-19)18(23)21-14-17-8-5-13-22(17)15-16-6-3-2-4-7-16;;/h2-4,6-7,17,20H,5,8-15H2,1H3,(H,21,23);2*1H. The van der Waals surface area contributed by atoms with Gasteiger partial charge < -0.3 is 10.6 Å². The van der Waals surface area contributed by atoms with Crippen LogP contribution in [0.3, 0.4) is 0 Å². The molecule has 0 radical (unpaired) electrons. The molecule has 0 aliphatic carbocycles. The number of carbonyl (C=O) groups is 1. The van der Waals surface area contributed by atoms with E-state index < -0.39 is 14.6 Å². The minimum Gasteiger partial charge on any atom is -0.353 e.